The van der Waals surface area contributed by atoms with E-state index in [1.54, 1.807) is 0 Å². The highest BCUT2D eigenvalue weighted by Crippen LogP contribution is 2.49. The summed E-state index contributed by atoms with van der Waals surface area (Å²) in [5.41, 5.74) is 0. The minimum absolute atomic E-state index is 1.33. The number of hydrogen-bond donors (Lipinski definition) is 2. The summed E-state index contributed by atoms with van der Waals surface area (Å²) in [6.07, 6.45) is 0. The molecule has 0 heterocycles. The van der Waals surface area contributed by atoms with Gasteiger partial charge in [-0.2, -0.15) is 0 Å². The van der Waals surface area contributed by atoms with Gasteiger partial charge in [-0.15, -0.1) is 0 Å². The summed E-state index contributed by atoms with van der Waals surface area (Å²) in [7, 11) is -8.14. The van der Waals surface area contributed by atoms with Crippen LogP contribution in [0.15, 0.2) is 121 Å². The monoisotopic (exact) mass is 558 g/mol. The Bertz CT molecular complexity index is 1230. The molecule has 0 amide bonds. The Morgan fingerprint density at radius 2 is 0.622 bits per heavy atom. The zero-order chi connectivity index (χ0) is 26.6. The molecular formula is C31H40N2P2Si2. The highest BCUT2D eigenvalue weighted by molar-refractivity contribution is 8.00. The van der Waals surface area contributed by atoms with Crippen LogP contribution in [0.25, 0.3) is 0 Å². The van der Waals surface area contributed by atoms with E-state index in [0.29, 0.717) is 0 Å². The van der Waals surface area contributed by atoms with E-state index >= 15 is 0 Å². The molecule has 2 N–H and O–H groups in total. The molecule has 4 aromatic carbocycles. The van der Waals surface area contributed by atoms with Gasteiger partial charge in [-0.05, 0) is 21.2 Å². The van der Waals surface area contributed by atoms with Crippen molar-refractivity contribution < 1.29 is 0 Å². The van der Waals surface area contributed by atoms with Crippen LogP contribution in [-0.2, 0) is 0 Å². The molecule has 0 saturated carbocycles. The SMILES string of the molecule is C[Si](C)(C)NP(=C=P(N[Si](C)(C)C)(c1ccccc1)c1ccccc1)(c1ccccc1)c1ccccc1. The number of hydrogen-bond acceptors (Lipinski definition) is 2. The average Bonchev–Trinajstić information content (AvgIpc) is 2.88. The second-order valence-corrected chi connectivity index (χ2v) is 27.8. The first-order valence-corrected chi connectivity index (χ1v) is 23.5. The highest BCUT2D eigenvalue weighted by Gasteiger charge is 2.34. The lowest BCUT2D eigenvalue weighted by molar-refractivity contribution is 1.42. The third-order valence-corrected chi connectivity index (χ3v) is 20.6. The van der Waals surface area contributed by atoms with Gasteiger partial charge >= 0.3 is 0 Å². The molecule has 37 heavy (non-hydrogen) atoms. The van der Waals surface area contributed by atoms with Gasteiger partial charge in [-0.25, -0.2) is 0 Å². The maximum Gasteiger partial charge on any atom is 0.121 e. The predicted molar refractivity (Wildman–Crippen MR) is 176 cm³/mol. The Morgan fingerprint density at radius 1 is 0.405 bits per heavy atom. The summed E-state index contributed by atoms with van der Waals surface area (Å²) in [5.74, 6) is 0. The third-order valence-electron chi connectivity index (χ3n) is 5.88. The summed E-state index contributed by atoms with van der Waals surface area (Å²) in [5, 5.41) is 9.85. The average molecular weight is 559 g/mol. The van der Waals surface area contributed by atoms with Crippen LogP contribution >= 0.6 is 14.1 Å². The van der Waals surface area contributed by atoms with Crippen LogP contribution in [0.3, 0.4) is 0 Å². The normalized spacial score (nSPS) is 12.7. The molecular weight excluding hydrogens is 518 g/mol. The Hall–Kier alpha value is -2.13. The molecule has 0 aromatic heterocycles. The topological polar surface area (TPSA) is 24.1 Å². The van der Waals surface area contributed by atoms with Crippen molar-refractivity contribution in [3.05, 3.63) is 121 Å². The van der Waals surface area contributed by atoms with Crippen molar-refractivity contribution in [3.8, 4) is 0 Å². The van der Waals surface area contributed by atoms with Crippen molar-refractivity contribution >= 4 is 56.9 Å². The molecule has 0 bridgehead atoms. The Labute approximate surface area is 226 Å². The molecule has 0 spiro atoms. The van der Waals surface area contributed by atoms with E-state index in [0.717, 1.165) is 0 Å². The molecule has 0 atom stereocenters. The maximum absolute atomic E-state index is 4.53. The molecule has 0 radical (unpaired) electrons. The van der Waals surface area contributed by atoms with Crippen LogP contribution in [0.4, 0.5) is 0 Å². The predicted octanol–water partition coefficient (Wildman–Crippen LogP) is 6.64. The molecule has 4 aromatic rings. The van der Waals surface area contributed by atoms with E-state index < -0.39 is 30.5 Å². The first kappa shape index (κ1) is 27.9. The maximum atomic E-state index is 4.53. The van der Waals surface area contributed by atoms with Gasteiger partial charge in [-0.3, -0.25) is 0 Å². The number of nitrogens with one attached hydrogen (secondary N) is 2. The van der Waals surface area contributed by atoms with Gasteiger partial charge < -0.3 is 9.51 Å². The Balaban J connectivity index is 2.39. The van der Waals surface area contributed by atoms with Crippen molar-refractivity contribution in [1.82, 2.24) is 9.51 Å². The van der Waals surface area contributed by atoms with Crippen LogP contribution in [0.2, 0.25) is 39.3 Å². The van der Waals surface area contributed by atoms with Gasteiger partial charge in [-0.1, -0.05) is 166 Å². The summed E-state index contributed by atoms with van der Waals surface area (Å²) < 4.78 is 8.65. The lowest BCUT2D eigenvalue weighted by Crippen LogP contribution is -2.46. The first-order valence-electron chi connectivity index (χ1n) is 12.9. The Morgan fingerprint density at radius 3 is 0.811 bits per heavy atom. The van der Waals surface area contributed by atoms with Crippen molar-refractivity contribution in [3.63, 3.8) is 0 Å². The standard InChI is InChI=1S/C31H40N2P2Si2/c1-36(2,3)32-34(28-19-11-7-12-20-28,29-21-13-8-14-22-29)27-35(33-37(4,5)6,30-23-15-9-16-24-30)31-25-17-10-18-26-31/h7-26,32-33H,1-6H3. The van der Waals surface area contributed by atoms with Crippen molar-refractivity contribution in [1.29, 1.82) is 0 Å². The van der Waals surface area contributed by atoms with E-state index in [4.69, 9.17) is 0 Å². The van der Waals surface area contributed by atoms with Crippen LogP contribution in [0, 0.1) is 0 Å². The molecule has 2 nitrogen and oxygen atoms in total. The summed E-state index contributed by atoms with van der Waals surface area (Å²) >= 11 is 0. The summed E-state index contributed by atoms with van der Waals surface area (Å²) in [6.45, 7) is 14.5. The first-order chi connectivity index (χ1) is 17.5. The fourth-order valence-corrected chi connectivity index (χ4v) is 22.8. The molecule has 0 aliphatic rings. The van der Waals surface area contributed by atoms with Crippen molar-refractivity contribution in [2.45, 2.75) is 39.3 Å². The van der Waals surface area contributed by atoms with Crippen LogP contribution in [0.5, 0.6) is 0 Å². The molecule has 0 fully saturated rings. The fourth-order valence-electron chi connectivity index (χ4n) is 4.67. The largest absolute Gasteiger partial charge is 0.305 e. The van der Waals surface area contributed by atoms with Crippen LogP contribution in [0.1, 0.15) is 0 Å². The second kappa shape index (κ2) is 11.3. The minimum atomic E-state index is -2.29. The molecule has 4 rings (SSSR count). The van der Waals surface area contributed by atoms with Gasteiger partial charge in [0.05, 0.1) is 0 Å². The van der Waals surface area contributed by atoms with Gasteiger partial charge in [0.15, 0.2) is 0 Å². The third kappa shape index (κ3) is 6.66. The number of benzene rings is 4. The van der Waals surface area contributed by atoms with E-state index in [1.807, 2.05) is 0 Å². The molecule has 0 unspecified atom stereocenters. The van der Waals surface area contributed by atoms with Gasteiger partial charge in [0.1, 0.15) is 16.5 Å². The van der Waals surface area contributed by atoms with Gasteiger partial charge in [0.25, 0.3) is 0 Å². The molecule has 0 aliphatic heterocycles. The zero-order valence-corrected chi connectivity index (χ0v) is 26.7. The van der Waals surface area contributed by atoms with E-state index in [-0.39, 0.29) is 0 Å². The molecule has 0 aliphatic carbocycles. The quantitative estimate of drug-likeness (QED) is 0.187. The summed E-state index contributed by atoms with van der Waals surface area (Å²) in [6, 6.07) is 44.4. The molecule has 0 saturated heterocycles. The van der Waals surface area contributed by atoms with E-state index in [1.165, 1.54) is 21.2 Å². The smallest absolute Gasteiger partial charge is 0.121 e. The fraction of sp³-hybridized carbons (Fsp3) is 0.194. The lowest BCUT2D eigenvalue weighted by Gasteiger charge is -2.38. The van der Waals surface area contributed by atoms with E-state index in [9.17, 15) is 0 Å². The Kier molecular flexibility index (Phi) is 8.53. The van der Waals surface area contributed by atoms with Gasteiger partial charge in [0, 0.05) is 14.1 Å². The van der Waals surface area contributed by atoms with Crippen molar-refractivity contribution in [2.24, 2.45) is 0 Å². The van der Waals surface area contributed by atoms with Crippen LogP contribution < -0.4 is 30.7 Å². The van der Waals surface area contributed by atoms with Gasteiger partial charge in [0.2, 0.25) is 0 Å². The molecule has 6 heteroatoms. The summed E-state index contributed by atoms with van der Waals surface area (Å²) in [4.78, 5) is 0. The van der Waals surface area contributed by atoms with E-state index in [2.05, 4.69) is 175 Å². The molecule has 192 valence electrons. The van der Waals surface area contributed by atoms with Crippen LogP contribution in [-0.4, -0.2) is 21.6 Å². The highest BCUT2D eigenvalue weighted by atomic mass is 31.2. The zero-order valence-electron chi connectivity index (χ0n) is 22.9. The second-order valence-electron chi connectivity index (χ2n) is 11.5. The lowest BCUT2D eigenvalue weighted by atomic mass is 10.4. The number of rotatable bonds is 8. The minimum Gasteiger partial charge on any atom is -0.305 e. The van der Waals surface area contributed by atoms with Crippen molar-refractivity contribution in [2.75, 3.05) is 0 Å².